The van der Waals surface area contributed by atoms with Crippen molar-refractivity contribution >= 4 is 17.7 Å². The molecule has 1 aromatic heterocycles. The Bertz CT molecular complexity index is 374. The van der Waals surface area contributed by atoms with Crippen molar-refractivity contribution in [1.29, 1.82) is 0 Å². The van der Waals surface area contributed by atoms with Gasteiger partial charge in [-0.25, -0.2) is 0 Å². The molecule has 0 aliphatic heterocycles. The van der Waals surface area contributed by atoms with Crippen LogP contribution in [0.5, 0.6) is 0 Å². The molecule has 0 aromatic carbocycles. The Morgan fingerprint density at radius 1 is 1.60 bits per heavy atom. The van der Waals surface area contributed by atoms with Gasteiger partial charge in [0.25, 0.3) is 0 Å². The maximum absolute atomic E-state index is 12.9. The molecule has 0 fully saturated rings. The van der Waals surface area contributed by atoms with Crippen LogP contribution in [0.15, 0.2) is 5.16 Å². The van der Waals surface area contributed by atoms with Gasteiger partial charge >= 0.3 is 5.92 Å². The van der Waals surface area contributed by atoms with Crippen LogP contribution in [0.1, 0.15) is 12.7 Å². The van der Waals surface area contributed by atoms with Gasteiger partial charge in [0.2, 0.25) is 11.7 Å². The number of carbonyl (C=O) groups excluding carboxylic acids is 1. The summed E-state index contributed by atoms with van der Waals surface area (Å²) in [5, 5.41) is 7.14. The van der Waals surface area contributed by atoms with E-state index < -0.39 is 17.7 Å². The fourth-order valence-corrected chi connectivity index (χ4v) is 1.61. The molecular formula is C7H10F2N4OS. The normalized spacial score (nSPS) is 11.7. The van der Waals surface area contributed by atoms with Gasteiger partial charge in [-0.2, -0.15) is 8.78 Å². The molecule has 0 unspecified atom stereocenters. The first kappa shape index (κ1) is 11.9. The third-order valence-corrected chi connectivity index (χ3v) is 2.61. The highest BCUT2D eigenvalue weighted by atomic mass is 32.2. The van der Waals surface area contributed by atoms with Gasteiger partial charge in [-0.1, -0.05) is 11.8 Å². The largest absolute Gasteiger partial charge is 0.369 e. The number of alkyl halides is 2. The Labute approximate surface area is 89.0 Å². The van der Waals surface area contributed by atoms with Crippen molar-refractivity contribution in [1.82, 2.24) is 14.8 Å². The second-order valence-corrected chi connectivity index (χ2v) is 3.95. The zero-order chi connectivity index (χ0) is 11.6. The maximum Gasteiger partial charge on any atom is 0.304 e. The Balaban J connectivity index is 2.85. The number of hydrogen-bond acceptors (Lipinski definition) is 4. The molecular weight excluding hydrogens is 226 g/mol. The quantitative estimate of drug-likeness (QED) is 0.773. The number of rotatable bonds is 4. The summed E-state index contributed by atoms with van der Waals surface area (Å²) in [6.07, 6.45) is 0. The van der Waals surface area contributed by atoms with Crippen molar-refractivity contribution < 1.29 is 13.6 Å². The summed E-state index contributed by atoms with van der Waals surface area (Å²) < 4.78 is 27.0. The molecule has 5 nitrogen and oxygen atoms in total. The molecule has 1 heterocycles. The summed E-state index contributed by atoms with van der Waals surface area (Å²) in [5.74, 6) is -4.03. The average Bonchev–Trinajstić information content (AvgIpc) is 2.42. The lowest BCUT2D eigenvalue weighted by molar-refractivity contribution is -0.115. The topological polar surface area (TPSA) is 73.8 Å². The predicted molar refractivity (Wildman–Crippen MR) is 50.5 cm³/mol. The van der Waals surface area contributed by atoms with Crippen LogP contribution >= 0.6 is 11.8 Å². The smallest absolute Gasteiger partial charge is 0.304 e. The molecule has 84 valence electrons. The summed E-state index contributed by atoms with van der Waals surface area (Å²) in [5.41, 5.74) is 4.92. The van der Waals surface area contributed by atoms with Gasteiger partial charge in [-0.15, -0.1) is 10.2 Å². The lowest BCUT2D eigenvalue weighted by atomic mass is 10.4. The fraction of sp³-hybridized carbons (Fsp3) is 0.571. The van der Waals surface area contributed by atoms with Gasteiger partial charge in [0.1, 0.15) is 0 Å². The van der Waals surface area contributed by atoms with Crippen LogP contribution < -0.4 is 5.73 Å². The van der Waals surface area contributed by atoms with E-state index in [1.807, 2.05) is 0 Å². The van der Waals surface area contributed by atoms with Gasteiger partial charge in [-0.05, 0) is 0 Å². The molecule has 1 rings (SSSR count). The molecule has 0 radical (unpaired) electrons. The Kier molecular flexibility index (Phi) is 3.28. The second-order valence-electron chi connectivity index (χ2n) is 3.01. The Morgan fingerprint density at radius 3 is 2.60 bits per heavy atom. The number of hydrogen-bond donors (Lipinski definition) is 1. The number of amides is 1. The first-order valence-corrected chi connectivity index (χ1v) is 4.99. The van der Waals surface area contributed by atoms with Crippen molar-refractivity contribution in [2.24, 2.45) is 12.8 Å². The van der Waals surface area contributed by atoms with Crippen LogP contribution in [0, 0.1) is 0 Å². The summed E-state index contributed by atoms with van der Waals surface area (Å²) >= 11 is 0.974. The number of nitrogens with zero attached hydrogens (tertiary/aromatic N) is 3. The molecule has 8 heteroatoms. The van der Waals surface area contributed by atoms with Gasteiger partial charge in [0.15, 0.2) is 5.16 Å². The zero-order valence-electron chi connectivity index (χ0n) is 8.20. The highest BCUT2D eigenvalue weighted by Crippen LogP contribution is 2.27. The van der Waals surface area contributed by atoms with E-state index in [-0.39, 0.29) is 10.9 Å². The van der Waals surface area contributed by atoms with Crippen molar-refractivity contribution in [3.63, 3.8) is 0 Å². The molecule has 15 heavy (non-hydrogen) atoms. The second kappa shape index (κ2) is 4.13. The molecule has 0 saturated carbocycles. The van der Waals surface area contributed by atoms with E-state index in [2.05, 4.69) is 10.2 Å². The molecule has 1 amide bonds. The van der Waals surface area contributed by atoms with Crippen LogP contribution in [0.3, 0.4) is 0 Å². The maximum atomic E-state index is 12.9. The number of nitrogens with two attached hydrogens (primary N) is 1. The number of thioether (sulfide) groups is 1. The summed E-state index contributed by atoms with van der Waals surface area (Å²) in [4.78, 5) is 10.5. The number of aromatic nitrogens is 3. The van der Waals surface area contributed by atoms with Gasteiger partial charge in [0.05, 0.1) is 5.75 Å². The summed E-state index contributed by atoms with van der Waals surface area (Å²) in [7, 11) is 1.41. The SMILES string of the molecule is Cn1c(SCC(N)=O)nnc1C(C)(F)F. The van der Waals surface area contributed by atoms with E-state index in [1.54, 1.807) is 0 Å². The number of carbonyl (C=O) groups is 1. The summed E-state index contributed by atoms with van der Waals surface area (Å²) in [6, 6.07) is 0. The van der Waals surface area contributed by atoms with Gasteiger partial charge in [0, 0.05) is 14.0 Å². The van der Waals surface area contributed by atoms with E-state index in [0.717, 1.165) is 23.3 Å². The minimum absolute atomic E-state index is 0.0126. The van der Waals surface area contributed by atoms with Crippen LogP contribution in [-0.4, -0.2) is 26.4 Å². The highest BCUT2D eigenvalue weighted by Gasteiger charge is 2.31. The number of halogens is 2. The minimum atomic E-state index is -3.05. The average molecular weight is 236 g/mol. The molecule has 0 saturated heterocycles. The van der Waals surface area contributed by atoms with Crippen LogP contribution in [0.4, 0.5) is 8.78 Å². The van der Waals surface area contributed by atoms with Crippen molar-refractivity contribution in [2.75, 3.05) is 5.75 Å². The van der Waals surface area contributed by atoms with Gasteiger partial charge < -0.3 is 10.3 Å². The van der Waals surface area contributed by atoms with Crippen molar-refractivity contribution in [3.05, 3.63) is 5.82 Å². The molecule has 0 atom stereocenters. The highest BCUT2D eigenvalue weighted by molar-refractivity contribution is 7.99. The van der Waals surface area contributed by atoms with Crippen LogP contribution in [0.25, 0.3) is 0 Å². The van der Waals surface area contributed by atoms with E-state index in [9.17, 15) is 13.6 Å². The number of primary amides is 1. The lowest BCUT2D eigenvalue weighted by Crippen LogP contribution is -2.15. The fourth-order valence-electron chi connectivity index (χ4n) is 0.959. The first-order chi connectivity index (χ1) is 6.82. The van der Waals surface area contributed by atoms with Gasteiger partial charge in [-0.3, -0.25) is 4.79 Å². The summed E-state index contributed by atoms with van der Waals surface area (Å²) in [6.45, 7) is 0.736. The first-order valence-electron chi connectivity index (χ1n) is 4.01. The van der Waals surface area contributed by atoms with Crippen molar-refractivity contribution in [2.45, 2.75) is 18.0 Å². The standard InChI is InChI=1S/C7H10F2N4OS/c1-7(8,9)5-11-12-6(13(5)2)15-3-4(10)14/h3H2,1-2H3,(H2,10,14). The van der Waals surface area contributed by atoms with E-state index in [0.29, 0.717) is 0 Å². The zero-order valence-corrected chi connectivity index (χ0v) is 9.02. The van der Waals surface area contributed by atoms with Crippen LogP contribution in [0.2, 0.25) is 0 Å². The van der Waals surface area contributed by atoms with Crippen LogP contribution in [-0.2, 0) is 17.8 Å². The van der Waals surface area contributed by atoms with E-state index in [4.69, 9.17) is 5.73 Å². The molecule has 0 bridgehead atoms. The van der Waals surface area contributed by atoms with E-state index >= 15 is 0 Å². The molecule has 1 aromatic rings. The lowest BCUT2D eigenvalue weighted by Gasteiger charge is -2.08. The predicted octanol–water partition coefficient (Wildman–Crippen LogP) is 0.504. The Morgan fingerprint density at radius 2 is 2.20 bits per heavy atom. The van der Waals surface area contributed by atoms with E-state index in [1.165, 1.54) is 7.05 Å². The molecule has 0 aliphatic carbocycles. The molecule has 2 N–H and O–H groups in total. The third-order valence-electron chi connectivity index (χ3n) is 1.57. The van der Waals surface area contributed by atoms with Crippen molar-refractivity contribution in [3.8, 4) is 0 Å². The molecule has 0 spiro atoms. The monoisotopic (exact) mass is 236 g/mol. The third kappa shape index (κ3) is 2.88. The molecule has 0 aliphatic rings. The Hall–Kier alpha value is -1.18. The minimum Gasteiger partial charge on any atom is -0.369 e.